The molecule has 6 rings (SSSR count). The van der Waals surface area contributed by atoms with E-state index in [-0.39, 0.29) is 12.8 Å². The molecule has 0 aromatic heterocycles. The molecule has 0 radical (unpaired) electrons. The summed E-state index contributed by atoms with van der Waals surface area (Å²) < 4.78 is 77.9. The smallest absolute Gasteiger partial charge is 0.236 e. The summed E-state index contributed by atoms with van der Waals surface area (Å²) in [6.07, 6.45) is 3.66. The van der Waals surface area contributed by atoms with Gasteiger partial charge >= 0.3 is 0 Å². The molecule has 0 aromatic rings. The second-order valence-corrected chi connectivity index (χ2v) is 8.21. The van der Waals surface area contributed by atoms with E-state index in [9.17, 15) is 4.39 Å². The fourth-order valence-electron chi connectivity index (χ4n) is 6.87. The summed E-state index contributed by atoms with van der Waals surface area (Å²) in [6.45, 7) is 0. The van der Waals surface area contributed by atoms with Crippen LogP contribution in [-0.4, -0.2) is 28.8 Å². The van der Waals surface area contributed by atoms with Crippen LogP contribution in [-0.2, 0) is 0 Å². The largest absolute Gasteiger partial charge is 0.243 e. The molecule has 0 saturated heterocycles. The van der Waals surface area contributed by atoms with Crippen molar-refractivity contribution in [2.75, 3.05) is 0 Å². The Morgan fingerprint density at radius 3 is 1.78 bits per heavy atom. The van der Waals surface area contributed by atoms with Gasteiger partial charge in [0.1, 0.15) is 0 Å². The normalized spacial score (nSPS) is 63.4. The van der Waals surface area contributed by atoms with E-state index in [1.807, 2.05) is 0 Å². The number of nitrogens with zero attached hydrogens (tertiary/aromatic N) is 1. The minimum atomic E-state index is -3.09. The van der Waals surface area contributed by atoms with Crippen molar-refractivity contribution in [2.45, 2.75) is 74.2 Å². The molecular weight excluding hydrogens is 313 g/mol. The average Bonchev–Trinajstić information content (AvgIpc) is 2.57. The predicted molar refractivity (Wildman–Crippen MR) is 74.8 cm³/mol. The Labute approximate surface area is 131 Å². The van der Waals surface area contributed by atoms with Crippen LogP contribution in [0.15, 0.2) is 4.99 Å². The van der Waals surface area contributed by atoms with E-state index in [0.29, 0.717) is 38.5 Å². The van der Waals surface area contributed by atoms with Crippen molar-refractivity contribution in [1.82, 2.24) is 0 Å². The van der Waals surface area contributed by atoms with Crippen LogP contribution >= 0.6 is 0 Å². The minimum Gasteiger partial charge on any atom is -0.236 e. The van der Waals surface area contributed by atoms with Crippen molar-refractivity contribution in [3.63, 3.8) is 0 Å². The van der Waals surface area contributed by atoms with Gasteiger partial charge in [-0.15, -0.1) is 0 Å². The van der Waals surface area contributed by atoms with Crippen LogP contribution in [0, 0.1) is 23.7 Å². The maximum Gasteiger partial charge on any atom is 0.243 e. The fraction of sp³-hybridized carbons (Fsp3) is 0.941. The third-order valence-corrected chi connectivity index (χ3v) is 7.69. The lowest BCUT2D eigenvalue weighted by molar-refractivity contribution is -0.383. The van der Waals surface area contributed by atoms with Gasteiger partial charge in [-0.2, -0.15) is 4.39 Å². The van der Waals surface area contributed by atoms with E-state index in [0.717, 1.165) is 0 Å². The lowest BCUT2D eigenvalue weighted by atomic mass is 9.34. The SMILES string of the molecule is FC1=N[C@]2(F)[C@@H]3CCCC[C@@H]3[C@@]1(F)[C@]1(F)[C@H]3CCCC[C@H]3[C@@]12F. The van der Waals surface area contributed by atoms with Gasteiger partial charge in [0.25, 0.3) is 0 Å². The molecule has 4 fully saturated rings. The fourth-order valence-corrected chi connectivity index (χ4v) is 6.87. The van der Waals surface area contributed by atoms with Crippen LogP contribution in [0.25, 0.3) is 0 Å². The summed E-state index contributed by atoms with van der Waals surface area (Å²) in [6, 6.07) is 0. The van der Waals surface area contributed by atoms with Gasteiger partial charge in [0.15, 0.2) is 5.67 Å². The number of hydrogen-bond donors (Lipinski definition) is 0. The molecule has 0 spiro atoms. The third kappa shape index (κ3) is 1.15. The molecule has 0 aromatic carbocycles. The highest BCUT2D eigenvalue weighted by atomic mass is 19.2. The van der Waals surface area contributed by atoms with E-state index in [1.165, 1.54) is 0 Å². The molecule has 0 amide bonds. The van der Waals surface area contributed by atoms with Crippen molar-refractivity contribution >= 4 is 5.97 Å². The monoisotopic (exact) mass is 333 g/mol. The molecule has 4 aliphatic carbocycles. The molecule has 1 nitrogen and oxygen atoms in total. The van der Waals surface area contributed by atoms with Crippen LogP contribution < -0.4 is 0 Å². The quantitative estimate of drug-likeness (QED) is 0.446. The van der Waals surface area contributed by atoms with Crippen molar-refractivity contribution in [3.8, 4) is 0 Å². The summed E-state index contributed by atoms with van der Waals surface area (Å²) in [5, 5.41) is 0. The van der Waals surface area contributed by atoms with Gasteiger partial charge < -0.3 is 0 Å². The standard InChI is InChI=1S/C17H20F5N/c18-13-14(19)9-5-1-4-8-12(9)17(22,23-13)16(21)11-7-3-2-6-10(11)15(14,16)20/h9-12H,1-8H2/t9-,10-,11+,12+,14-,15+,16+,17+/m0/s1. The first-order valence-corrected chi connectivity index (χ1v) is 8.85. The highest BCUT2D eigenvalue weighted by Crippen LogP contribution is 2.80. The van der Waals surface area contributed by atoms with E-state index in [2.05, 4.69) is 4.99 Å². The van der Waals surface area contributed by atoms with Gasteiger partial charge in [-0.3, -0.25) is 0 Å². The second-order valence-electron chi connectivity index (χ2n) is 8.21. The van der Waals surface area contributed by atoms with Crippen LogP contribution in [0.1, 0.15) is 51.4 Å². The van der Waals surface area contributed by atoms with Gasteiger partial charge in [-0.1, -0.05) is 25.7 Å². The molecule has 128 valence electrons. The summed E-state index contributed by atoms with van der Waals surface area (Å²) in [5.41, 5.74) is -9.18. The average molecular weight is 333 g/mol. The Morgan fingerprint density at radius 1 is 0.696 bits per heavy atom. The van der Waals surface area contributed by atoms with Gasteiger partial charge in [0, 0.05) is 23.7 Å². The van der Waals surface area contributed by atoms with Crippen molar-refractivity contribution in [2.24, 2.45) is 28.7 Å². The molecule has 2 bridgehead atoms. The zero-order valence-electron chi connectivity index (χ0n) is 12.8. The highest BCUT2D eigenvalue weighted by Gasteiger charge is 2.96. The minimum absolute atomic E-state index is 0.203. The Bertz CT molecular complexity index is 610. The third-order valence-electron chi connectivity index (χ3n) is 7.69. The Morgan fingerprint density at radius 2 is 1.17 bits per heavy atom. The molecule has 8 atom stereocenters. The molecule has 23 heavy (non-hydrogen) atoms. The molecule has 0 N–H and O–H groups in total. The molecule has 2 aliphatic heterocycles. The zero-order valence-corrected chi connectivity index (χ0v) is 12.8. The molecular formula is C17H20F5N. The van der Waals surface area contributed by atoms with Gasteiger partial charge in [0.2, 0.25) is 23.1 Å². The number of rotatable bonds is 0. The lowest BCUT2D eigenvalue weighted by Gasteiger charge is -2.75. The summed E-state index contributed by atoms with van der Waals surface area (Å²) >= 11 is 0. The van der Waals surface area contributed by atoms with Gasteiger partial charge in [-0.05, 0) is 25.7 Å². The van der Waals surface area contributed by atoms with E-state index in [1.54, 1.807) is 0 Å². The lowest BCUT2D eigenvalue weighted by Crippen LogP contribution is -2.93. The van der Waals surface area contributed by atoms with Gasteiger partial charge in [0.05, 0.1) is 0 Å². The molecule has 0 unspecified atom stereocenters. The first-order chi connectivity index (χ1) is 10.8. The highest BCUT2D eigenvalue weighted by molar-refractivity contribution is 5.90. The maximum atomic E-state index is 15.9. The first-order valence-electron chi connectivity index (χ1n) is 8.85. The number of hydrogen-bond acceptors (Lipinski definition) is 1. The Kier molecular flexibility index (Phi) is 2.50. The molecule has 6 aliphatic rings. The second kappa shape index (κ2) is 3.93. The zero-order chi connectivity index (χ0) is 16.3. The van der Waals surface area contributed by atoms with E-state index >= 15 is 17.6 Å². The van der Waals surface area contributed by atoms with Crippen LogP contribution in [0.3, 0.4) is 0 Å². The maximum absolute atomic E-state index is 15.9. The van der Waals surface area contributed by atoms with Gasteiger partial charge in [-0.25, -0.2) is 22.6 Å². The molecule has 4 saturated carbocycles. The number of halogens is 5. The van der Waals surface area contributed by atoms with Crippen molar-refractivity contribution < 1.29 is 22.0 Å². The van der Waals surface area contributed by atoms with Crippen LogP contribution in [0.5, 0.6) is 0 Å². The van der Waals surface area contributed by atoms with E-state index in [4.69, 9.17) is 0 Å². The predicted octanol–water partition coefficient (Wildman–Crippen LogP) is 4.80. The summed E-state index contributed by atoms with van der Waals surface area (Å²) in [4.78, 5) is 3.22. The summed E-state index contributed by atoms with van der Waals surface area (Å²) in [5.74, 6) is -8.55. The van der Waals surface area contributed by atoms with Crippen LogP contribution in [0.4, 0.5) is 22.0 Å². The number of fused-ring (bicyclic) bond motifs is 1. The molecule has 6 heteroatoms. The van der Waals surface area contributed by atoms with Crippen molar-refractivity contribution in [3.05, 3.63) is 0 Å². The first kappa shape index (κ1) is 14.6. The molecule has 2 heterocycles. The Hall–Kier alpha value is -0.680. The topological polar surface area (TPSA) is 12.4 Å². The summed E-state index contributed by atoms with van der Waals surface area (Å²) in [7, 11) is 0. The van der Waals surface area contributed by atoms with Crippen molar-refractivity contribution in [1.29, 1.82) is 0 Å². The Balaban J connectivity index is 1.77. The number of aliphatic imine (C=N–C) groups is 1. The number of alkyl halides is 4. The van der Waals surface area contributed by atoms with Crippen LogP contribution in [0.2, 0.25) is 0 Å². The van der Waals surface area contributed by atoms with E-state index < -0.39 is 52.4 Å².